The van der Waals surface area contributed by atoms with Crippen molar-refractivity contribution in [2.45, 2.75) is 42.9 Å². The zero-order valence-electron chi connectivity index (χ0n) is 16.9. The molecule has 9 heteroatoms. The number of piperazine rings is 1. The molecule has 4 bridgehead atoms. The molecule has 6 rings (SSSR count). The van der Waals surface area contributed by atoms with Crippen molar-refractivity contribution in [3.05, 3.63) is 0 Å². The Morgan fingerprint density at radius 2 is 1.69 bits per heavy atom. The molecule has 5 aliphatic rings. The van der Waals surface area contributed by atoms with Crippen LogP contribution >= 0.6 is 23.1 Å². The number of amides is 2. The van der Waals surface area contributed by atoms with Gasteiger partial charge in [-0.3, -0.25) is 9.59 Å². The van der Waals surface area contributed by atoms with E-state index in [1.54, 1.807) is 7.05 Å². The molecule has 2 heterocycles. The lowest BCUT2D eigenvalue weighted by Crippen LogP contribution is -2.58. The number of nitrogens with one attached hydrogen (secondary N) is 1. The lowest BCUT2D eigenvalue weighted by Gasteiger charge is -2.57. The van der Waals surface area contributed by atoms with E-state index in [9.17, 15) is 9.59 Å². The molecule has 1 aromatic heterocycles. The molecule has 29 heavy (non-hydrogen) atoms. The monoisotopic (exact) mass is 435 g/mol. The van der Waals surface area contributed by atoms with E-state index >= 15 is 0 Å². The molecule has 4 aliphatic carbocycles. The first-order valence-corrected chi connectivity index (χ1v) is 12.6. The van der Waals surface area contributed by atoms with Crippen LogP contribution in [-0.4, -0.2) is 65.9 Å². The van der Waals surface area contributed by atoms with Crippen LogP contribution in [0.3, 0.4) is 0 Å². The fourth-order valence-electron chi connectivity index (χ4n) is 6.40. The highest BCUT2D eigenvalue weighted by molar-refractivity contribution is 8.01. The summed E-state index contributed by atoms with van der Waals surface area (Å²) in [6.45, 7) is 3.18. The second-order valence-corrected chi connectivity index (χ2v) is 11.5. The topological polar surface area (TPSA) is 78.4 Å². The fourth-order valence-corrected chi connectivity index (χ4v) is 8.16. The molecule has 0 spiro atoms. The molecule has 4 saturated carbocycles. The van der Waals surface area contributed by atoms with Gasteiger partial charge in [0.25, 0.3) is 0 Å². The van der Waals surface area contributed by atoms with Gasteiger partial charge in [0.1, 0.15) is 0 Å². The molecule has 0 unspecified atom stereocenters. The van der Waals surface area contributed by atoms with Crippen molar-refractivity contribution in [2.24, 2.45) is 23.2 Å². The van der Waals surface area contributed by atoms with E-state index in [4.69, 9.17) is 0 Å². The zero-order chi connectivity index (χ0) is 20.0. The van der Waals surface area contributed by atoms with E-state index in [0.29, 0.717) is 11.7 Å². The van der Waals surface area contributed by atoms with Crippen LogP contribution in [0.25, 0.3) is 0 Å². The lowest BCUT2D eigenvalue weighted by molar-refractivity contribution is -0.158. The second kappa shape index (κ2) is 7.72. The van der Waals surface area contributed by atoms with Gasteiger partial charge in [0.2, 0.25) is 16.9 Å². The van der Waals surface area contributed by atoms with Crippen LogP contribution in [-0.2, 0) is 9.59 Å². The minimum Gasteiger partial charge on any atom is -0.358 e. The summed E-state index contributed by atoms with van der Waals surface area (Å²) in [4.78, 5) is 29.3. The molecule has 7 nitrogen and oxygen atoms in total. The van der Waals surface area contributed by atoms with E-state index in [1.165, 1.54) is 42.4 Å². The molecule has 1 aliphatic heterocycles. The summed E-state index contributed by atoms with van der Waals surface area (Å²) >= 11 is 2.95. The Hall–Kier alpha value is -1.35. The van der Waals surface area contributed by atoms with E-state index in [0.717, 1.165) is 72.7 Å². The SMILES string of the molecule is CNC(=O)CSc1nnc(N2CCN(C(=O)C34CC5CC(CC(C5)C3)C4)CC2)s1. The molecular formula is C20H29N5O2S2. The maximum absolute atomic E-state index is 13.5. The Balaban J connectivity index is 1.17. The maximum atomic E-state index is 13.5. The number of aromatic nitrogens is 2. The summed E-state index contributed by atoms with van der Waals surface area (Å²) in [6, 6.07) is 0. The third kappa shape index (κ3) is 3.76. The van der Waals surface area contributed by atoms with E-state index in [2.05, 4.69) is 25.3 Å². The summed E-state index contributed by atoms with van der Waals surface area (Å²) in [5, 5.41) is 12.0. The fraction of sp³-hybridized carbons (Fsp3) is 0.800. The average molecular weight is 436 g/mol. The summed E-state index contributed by atoms with van der Waals surface area (Å²) < 4.78 is 0.815. The third-order valence-electron chi connectivity index (χ3n) is 7.33. The summed E-state index contributed by atoms with van der Waals surface area (Å²) in [7, 11) is 1.64. The highest BCUT2D eigenvalue weighted by atomic mass is 32.2. The Bertz CT molecular complexity index is 754. The number of anilines is 1. The number of hydrogen-bond donors (Lipinski definition) is 1. The first-order chi connectivity index (χ1) is 14.0. The number of hydrogen-bond acceptors (Lipinski definition) is 7. The maximum Gasteiger partial charge on any atom is 0.230 e. The predicted octanol–water partition coefficient (Wildman–Crippen LogP) is 2.24. The van der Waals surface area contributed by atoms with Crippen molar-refractivity contribution in [1.29, 1.82) is 0 Å². The molecule has 5 fully saturated rings. The molecular weight excluding hydrogens is 406 g/mol. The summed E-state index contributed by atoms with van der Waals surface area (Å²) in [5.41, 5.74) is -0.0384. The molecule has 2 amide bonds. The molecule has 0 aromatic carbocycles. The number of rotatable bonds is 5. The molecule has 1 saturated heterocycles. The van der Waals surface area contributed by atoms with Crippen LogP contribution in [0.15, 0.2) is 4.34 Å². The van der Waals surface area contributed by atoms with Gasteiger partial charge >= 0.3 is 0 Å². The van der Waals surface area contributed by atoms with Crippen molar-refractivity contribution < 1.29 is 9.59 Å². The van der Waals surface area contributed by atoms with Gasteiger partial charge in [-0.05, 0) is 56.3 Å². The molecule has 0 radical (unpaired) electrons. The number of nitrogens with zero attached hydrogens (tertiary/aromatic N) is 4. The number of carbonyl (C=O) groups excluding carboxylic acids is 2. The minimum absolute atomic E-state index is 0.0106. The molecule has 1 N–H and O–H groups in total. The zero-order valence-corrected chi connectivity index (χ0v) is 18.6. The molecule has 1 aromatic rings. The van der Waals surface area contributed by atoms with Crippen molar-refractivity contribution in [2.75, 3.05) is 43.9 Å². The van der Waals surface area contributed by atoms with Crippen molar-refractivity contribution >= 4 is 40.0 Å². The Morgan fingerprint density at radius 3 is 2.28 bits per heavy atom. The van der Waals surface area contributed by atoms with E-state index < -0.39 is 0 Å². The van der Waals surface area contributed by atoms with Gasteiger partial charge in [-0.15, -0.1) is 10.2 Å². The number of thioether (sulfide) groups is 1. The van der Waals surface area contributed by atoms with Gasteiger partial charge in [0.05, 0.1) is 11.2 Å². The quantitative estimate of drug-likeness (QED) is 0.715. The van der Waals surface area contributed by atoms with Crippen LogP contribution in [0.1, 0.15) is 38.5 Å². The standard InChI is InChI=1S/C20H29N5O2S2/c1-21-16(26)12-28-19-23-22-18(29-19)25-4-2-24(3-5-25)17(27)20-9-13-6-14(10-20)8-15(7-13)11-20/h13-15H,2-12H2,1H3,(H,21,26). The van der Waals surface area contributed by atoms with E-state index in [1.807, 2.05) is 0 Å². The van der Waals surface area contributed by atoms with Crippen LogP contribution in [0.4, 0.5) is 5.13 Å². The Labute approximate surface area is 180 Å². The van der Waals surface area contributed by atoms with Gasteiger partial charge in [-0.25, -0.2) is 0 Å². The van der Waals surface area contributed by atoms with Crippen molar-refractivity contribution in [1.82, 2.24) is 20.4 Å². The highest BCUT2D eigenvalue weighted by Gasteiger charge is 2.55. The Kier molecular flexibility index (Phi) is 5.22. The van der Waals surface area contributed by atoms with Gasteiger partial charge in [0.15, 0.2) is 4.34 Å². The van der Waals surface area contributed by atoms with E-state index in [-0.39, 0.29) is 11.3 Å². The first-order valence-electron chi connectivity index (χ1n) is 10.8. The summed E-state index contributed by atoms with van der Waals surface area (Å²) in [5.74, 6) is 3.20. The number of carbonyl (C=O) groups is 2. The predicted molar refractivity (Wildman–Crippen MR) is 114 cm³/mol. The van der Waals surface area contributed by atoms with Gasteiger partial charge in [-0.2, -0.15) is 0 Å². The highest BCUT2D eigenvalue weighted by Crippen LogP contribution is 2.60. The van der Waals surface area contributed by atoms with Gasteiger partial charge in [0, 0.05) is 33.2 Å². The van der Waals surface area contributed by atoms with Gasteiger partial charge < -0.3 is 15.1 Å². The van der Waals surface area contributed by atoms with Crippen LogP contribution in [0, 0.1) is 23.2 Å². The van der Waals surface area contributed by atoms with Crippen molar-refractivity contribution in [3.8, 4) is 0 Å². The largest absolute Gasteiger partial charge is 0.358 e. The lowest BCUT2D eigenvalue weighted by atomic mass is 9.49. The average Bonchev–Trinajstić information content (AvgIpc) is 3.19. The Morgan fingerprint density at radius 1 is 1.07 bits per heavy atom. The van der Waals surface area contributed by atoms with Crippen LogP contribution < -0.4 is 10.2 Å². The molecule has 158 valence electrons. The normalized spacial score (nSPS) is 33.2. The summed E-state index contributed by atoms with van der Waals surface area (Å²) in [6.07, 6.45) is 7.54. The smallest absolute Gasteiger partial charge is 0.230 e. The third-order valence-corrected chi connectivity index (χ3v) is 9.45. The second-order valence-electron chi connectivity index (χ2n) is 9.29. The first kappa shape index (κ1) is 19.6. The van der Waals surface area contributed by atoms with Crippen molar-refractivity contribution in [3.63, 3.8) is 0 Å². The van der Waals surface area contributed by atoms with Gasteiger partial charge in [-0.1, -0.05) is 23.1 Å². The van der Waals surface area contributed by atoms with Crippen LogP contribution in [0.2, 0.25) is 0 Å². The molecule has 0 atom stereocenters. The van der Waals surface area contributed by atoms with Crippen LogP contribution in [0.5, 0.6) is 0 Å². The minimum atomic E-state index is -0.0384.